The molecule has 0 aliphatic carbocycles. The molecule has 1 N–H and O–H groups in total. The van der Waals surface area contributed by atoms with Crippen molar-refractivity contribution >= 4 is 17.3 Å². The van der Waals surface area contributed by atoms with E-state index in [0.29, 0.717) is 23.5 Å². The summed E-state index contributed by atoms with van der Waals surface area (Å²) >= 11 is 0. The highest BCUT2D eigenvalue weighted by atomic mass is 16.6. The minimum atomic E-state index is -0.411. The summed E-state index contributed by atoms with van der Waals surface area (Å²) in [7, 11) is 0. The van der Waals surface area contributed by atoms with Crippen molar-refractivity contribution in [3.05, 3.63) is 79.9 Å². The molecule has 2 aromatic heterocycles. The number of amides is 1. The number of rotatable bonds is 5. The number of carbonyl (C=O) groups is 1. The third-order valence-corrected chi connectivity index (χ3v) is 4.84. The number of nitrogens with zero attached hydrogens (tertiary/aromatic N) is 4. The first kappa shape index (κ1) is 20.2. The maximum Gasteiger partial charge on any atom is 0.312 e. The first-order chi connectivity index (χ1) is 13.7. The first-order valence-corrected chi connectivity index (χ1v) is 9.21. The Morgan fingerprint density at radius 2 is 1.76 bits per heavy atom. The van der Waals surface area contributed by atoms with Crippen LogP contribution in [0.5, 0.6) is 0 Å². The van der Waals surface area contributed by atoms with Gasteiger partial charge in [-0.15, -0.1) is 0 Å². The number of hydrogen-bond donors (Lipinski definition) is 1. The molecule has 29 heavy (non-hydrogen) atoms. The van der Waals surface area contributed by atoms with E-state index in [0.717, 1.165) is 28.2 Å². The van der Waals surface area contributed by atoms with E-state index in [1.165, 1.54) is 0 Å². The largest absolute Gasteiger partial charge is 0.320 e. The van der Waals surface area contributed by atoms with Crippen LogP contribution in [0.15, 0.2) is 30.3 Å². The van der Waals surface area contributed by atoms with E-state index in [9.17, 15) is 14.9 Å². The predicted octanol–water partition coefficient (Wildman–Crippen LogP) is 4.03. The van der Waals surface area contributed by atoms with Gasteiger partial charge in [0.2, 0.25) is 0 Å². The molecule has 0 saturated heterocycles. The Hall–Kier alpha value is -3.55. The molecule has 0 atom stereocenters. The lowest BCUT2D eigenvalue weighted by Gasteiger charge is -2.12. The lowest BCUT2D eigenvalue weighted by Crippen LogP contribution is -2.15. The van der Waals surface area contributed by atoms with Gasteiger partial charge in [0, 0.05) is 11.3 Å². The van der Waals surface area contributed by atoms with Gasteiger partial charge < -0.3 is 5.32 Å². The molecule has 0 radical (unpaired) electrons. The summed E-state index contributed by atoms with van der Waals surface area (Å²) in [6.45, 7) is 9.42. The van der Waals surface area contributed by atoms with E-state index < -0.39 is 4.92 Å². The Morgan fingerprint density at radius 1 is 1.10 bits per heavy atom. The van der Waals surface area contributed by atoms with Crippen molar-refractivity contribution in [1.82, 2.24) is 14.8 Å². The molecule has 0 aliphatic rings. The molecular weight excluding hydrogens is 370 g/mol. The van der Waals surface area contributed by atoms with Crippen LogP contribution in [0.2, 0.25) is 0 Å². The molecule has 3 rings (SSSR count). The van der Waals surface area contributed by atoms with Crippen LogP contribution in [0.1, 0.15) is 44.3 Å². The number of pyridine rings is 1. The summed E-state index contributed by atoms with van der Waals surface area (Å²) in [5.74, 6) is -0.213. The van der Waals surface area contributed by atoms with Gasteiger partial charge in [0.05, 0.1) is 22.8 Å². The van der Waals surface area contributed by atoms with Crippen molar-refractivity contribution in [2.24, 2.45) is 0 Å². The molecule has 8 heteroatoms. The Morgan fingerprint density at radius 3 is 2.31 bits per heavy atom. The standard InChI is InChI=1S/C21H23N5O3/c1-12-10-13(2)22-14(3)19(12)23-21(27)18-8-6-17(7-9-18)11-25-16(5)20(26(28)29)15(4)24-25/h6-10H,11H2,1-5H3,(H,23,27). The normalized spacial score (nSPS) is 10.8. The lowest BCUT2D eigenvalue weighted by atomic mass is 10.1. The van der Waals surface area contributed by atoms with Crippen LogP contribution < -0.4 is 5.32 Å². The molecule has 1 amide bonds. The van der Waals surface area contributed by atoms with Crippen LogP contribution in [0.4, 0.5) is 11.4 Å². The SMILES string of the molecule is Cc1cc(C)c(NC(=O)c2ccc(Cn3nc(C)c([N+](=O)[O-])c3C)cc2)c(C)n1. The summed E-state index contributed by atoms with van der Waals surface area (Å²) in [6.07, 6.45) is 0. The Kier molecular flexibility index (Phi) is 5.45. The minimum absolute atomic E-state index is 0.0402. The molecule has 0 fully saturated rings. The Bertz CT molecular complexity index is 1080. The van der Waals surface area contributed by atoms with Crippen LogP contribution in [0.3, 0.4) is 0 Å². The van der Waals surface area contributed by atoms with Gasteiger partial charge in [-0.1, -0.05) is 12.1 Å². The Labute approximate surface area is 168 Å². The quantitative estimate of drug-likeness (QED) is 0.521. The van der Waals surface area contributed by atoms with Crippen molar-refractivity contribution < 1.29 is 9.72 Å². The summed E-state index contributed by atoms with van der Waals surface area (Å²) < 4.78 is 1.60. The predicted molar refractivity (Wildman–Crippen MR) is 110 cm³/mol. The monoisotopic (exact) mass is 393 g/mol. The number of carbonyl (C=O) groups excluding carboxylic acids is 1. The number of anilines is 1. The number of nitro groups is 1. The highest BCUT2D eigenvalue weighted by Crippen LogP contribution is 2.23. The minimum Gasteiger partial charge on any atom is -0.320 e. The maximum atomic E-state index is 12.6. The van der Waals surface area contributed by atoms with Crippen molar-refractivity contribution in [2.45, 2.75) is 41.2 Å². The van der Waals surface area contributed by atoms with Gasteiger partial charge in [-0.3, -0.25) is 24.6 Å². The topological polar surface area (TPSA) is 103 Å². The van der Waals surface area contributed by atoms with Gasteiger partial charge in [-0.05, 0) is 63.9 Å². The number of benzene rings is 1. The molecule has 1 aromatic carbocycles. The van der Waals surface area contributed by atoms with Gasteiger partial charge in [0.1, 0.15) is 11.4 Å². The van der Waals surface area contributed by atoms with Crippen molar-refractivity contribution in [3.8, 4) is 0 Å². The van der Waals surface area contributed by atoms with E-state index in [2.05, 4.69) is 15.4 Å². The van der Waals surface area contributed by atoms with Crippen LogP contribution >= 0.6 is 0 Å². The van der Waals surface area contributed by atoms with E-state index in [1.54, 1.807) is 30.7 Å². The first-order valence-electron chi connectivity index (χ1n) is 9.21. The van der Waals surface area contributed by atoms with Gasteiger partial charge in [-0.25, -0.2) is 0 Å². The second kappa shape index (κ2) is 7.83. The molecule has 0 bridgehead atoms. The second-order valence-corrected chi connectivity index (χ2v) is 7.13. The summed E-state index contributed by atoms with van der Waals surface area (Å²) in [5.41, 5.74) is 5.72. The van der Waals surface area contributed by atoms with Gasteiger partial charge in [0.15, 0.2) is 0 Å². The van der Waals surface area contributed by atoms with Crippen LogP contribution in [-0.4, -0.2) is 25.6 Å². The third-order valence-electron chi connectivity index (χ3n) is 4.84. The fourth-order valence-electron chi connectivity index (χ4n) is 3.44. The fourth-order valence-corrected chi connectivity index (χ4v) is 3.44. The second-order valence-electron chi connectivity index (χ2n) is 7.13. The van der Waals surface area contributed by atoms with Crippen molar-refractivity contribution in [2.75, 3.05) is 5.32 Å². The molecule has 150 valence electrons. The zero-order chi connectivity index (χ0) is 21.3. The average molecular weight is 393 g/mol. The van der Waals surface area contributed by atoms with Crippen LogP contribution in [0.25, 0.3) is 0 Å². The Balaban J connectivity index is 1.76. The van der Waals surface area contributed by atoms with E-state index in [4.69, 9.17) is 0 Å². The molecule has 0 aliphatic heterocycles. The zero-order valence-corrected chi connectivity index (χ0v) is 17.1. The average Bonchev–Trinajstić information content (AvgIpc) is 2.92. The maximum absolute atomic E-state index is 12.6. The summed E-state index contributed by atoms with van der Waals surface area (Å²) in [6, 6.07) is 9.04. The molecule has 2 heterocycles. The zero-order valence-electron chi connectivity index (χ0n) is 17.1. The molecular formula is C21H23N5O3. The summed E-state index contributed by atoms with van der Waals surface area (Å²) in [4.78, 5) is 27.8. The van der Waals surface area contributed by atoms with Crippen molar-refractivity contribution in [1.29, 1.82) is 0 Å². The van der Waals surface area contributed by atoms with Crippen LogP contribution in [-0.2, 0) is 6.54 Å². The van der Waals surface area contributed by atoms with E-state index >= 15 is 0 Å². The highest BCUT2D eigenvalue weighted by molar-refractivity contribution is 6.04. The number of hydrogen-bond acceptors (Lipinski definition) is 5. The van der Waals surface area contributed by atoms with E-state index in [-0.39, 0.29) is 11.6 Å². The molecule has 0 unspecified atom stereocenters. The highest BCUT2D eigenvalue weighted by Gasteiger charge is 2.21. The molecule has 8 nitrogen and oxygen atoms in total. The number of aryl methyl sites for hydroxylation is 4. The van der Waals surface area contributed by atoms with Crippen molar-refractivity contribution in [3.63, 3.8) is 0 Å². The number of aromatic nitrogens is 3. The van der Waals surface area contributed by atoms with Gasteiger partial charge in [-0.2, -0.15) is 5.10 Å². The molecule has 0 saturated carbocycles. The van der Waals surface area contributed by atoms with Gasteiger partial charge in [0.25, 0.3) is 5.91 Å². The molecule has 3 aromatic rings. The van der Waals surface area contributed by atoms with Crippen LogP contribution in [0, 0.1) is 44.7 Å². The van der Waals surface area contributed by atoms with Gasteiger partial charge >= 0.3 is 5.69 Å². The third kappa shape index (κ3) is 4.16. The fraction of sp³-hybridized carbons (Fsp3) is 0.286. The van der Waals surface area contributed by atoms with E-state index in [1.807, 2.05) is 39.0 Å². The molecule has 0 spiro atoms. The smallest absolute Gasteiger partial charge is 0.312 e. The number of nitrogens with one attached hydrogen (secondary N) is 1. The lowest BCUT2D eigenvalue weighted by molar-refractivity contribution is -0.386. The summed E-state index contributed by atoms with van der Waals surface area (Å²) in [5, 5.41) is 18.3.